The van der Waals surface area contributed by atoms with E-state index < -0.39 is 38.6 Å². The number of halogens is 3. The van der Waals surface area contributed by atoms with Crippen LogP contribution in [-0.4, -0.2) is 28.3 Å². The monoisotopic (exact) mass is 400 g/mol. The van der Waals surface area contributed by atoms with Crippen LogP contribution in [0.3, 0.4) is 0 Å². The van der Waals surface area contributed by atoms with E-state index in [0.29, 0.717) is 0 Å². The fourth-order valence-electron chi connectivity index (χ4n) is 2.14. The minimum absolute atomic E-state index is 0.166. The molecule has 0 aliphatic rings. The molecule has 0 heterocycles. The molecule has 0 aliphatic carbocycles. The highest BCUT2D eigenvalue weighted by molar-refractivity contribution is 5.83. The number of phenols is 1. The van der Waals surface area contributed by atoms with Crippen LogP contribution in [-0.2, 0) is 6.18 Å². The van der Waals surface area contributed by atoms with Crippen LogP contribution in [0.4, 0.5) is 30.2 Å². The highest BCUT2D eigenvalue weighted by Crippen LogP contribution is 2.41. The Balaban J connectivity index is 2.45. The van der Waals surface area contributed by atoms with E-state index >= 15 is 0 Å². The summed E-state index contributed by atoms with van der Waals surface area (Å²) < 4.78 is 43.4. The summed E-state index contributed by atoms with van der Waals surface area (Å²) in [4.78, 5) is 19.8. The molecule has 0 saturated carbocycles. The van der Waals surface area contributed by atoms with Gasteiger partial charge < -0.3 is 9.84 Å². The van der Waals surface area contributed by atoms with Gasteiger partial charge in [-0.2, -0.15) is 18.3 Å². The zero-order chi connectivity index (χ0) is 21.1. The minimum Gasteiger partial charge on any atom is -0.504 e. The number of benzene rings is 2. The number of nitro benzene ring substituents is 2. The highest BCUT2D eigenvalue weighted by Gasteiger charge is 2.37. The average molecular weight is 400 g/mol. The van der Waals surface area contributed by atoms with Gasteiger partial charge in [0.2, 0.25) is 5.69 Å². The zero-order valence-corrected chi connectivity index (χ0v) is 13.9. The van der Waals surface area contributed by atoms with Crippen LogP contribution in [0.15, 0.2) is 35.4 Å². The second-order valence-electron chi connectivity index (χ2n) is 5.20. The molecule has 2 rings (SSSR count). The van der Waals surface area contributed by atoms with Crippen LogP contribution in [0.25, 0.3) is 0 Å². The third-order valence-corrected chi connectivity index (χ3v) is 3.41. The Kier molecular flexibility index (Phi) is 5.67. The number of methoxy groups -OCH3 is 1. The molecule has 2 aromatic carbocycles. The van der Waals surface area contributed by atoms with E-state index in [0.717, 1.165) is 6.21 Å². The van der Waals surface area contributed by atoms with Crippen LogP contribution in [0, 0.1) is 20.2 Å². The number of hydrogen-bond donors (Lipinski definition) is 2. The maximum Gasteiger partial charge on any atom is 0.416 e. The summed E-state index contributed by atoms with van der Waals surface area (Å²) in [6.45, 7) is 0. The van der Waals surface area contributed by atoms with Gasteiger partial charge in [0.15, 0.2) is 11.5 Å². The Labute approximate surface area is 154 Å². The van der Waals surface area contributed by atoms with Crippen molar-refractivity contribution in [2.45, 2.75) is 6.18 Å². The SMILES string of the molecule is COc1ccc(/C=N\Nc2c([N+](=O)[O-])cc(C(F)(F)F)cc2[N+](=O)[O-])cc1O. The maximum atomic E-state index is 12.9. The van der Waals surface area contributed by atoms with Crippen molar-refractivity contribution in [3.8, 4) is 11.5 Å². The van der Waals surface area contributed by atoms with Crippen LogP contribution < -0.4 is 10.2 Å². The number of nitro groups is 2. The summed E-state index contributed by atoms with van der Waals surface area (Å²) in [5.74, 6) is -0.0722. The molecular weight excluding hydrogens is 389 g/mol. The molecule has 0 aromatic heterocycles. The molecule has 2 N–H and O–H groups in total. The standard InChI is InChI=1S/C15H11F3N4O6/c1-28-13-3-2-8(4-12(13)23)7-19-20-14-10(21(24)25)5-9(15(16,17)18)6-11(14)22(26)27/h2-7,20,23H,1H3/b19-7-. The largest absolute Gasteiger partial charge is 0.504 e. The number of ether oxygens (including phenoxy) is 1. The molecule has 0 fully saturated rings. The Bertz CT molecular complexity index is 926. The number of aromatic hydroxyl groups is 1. The van der Waals surface area contributed by atoms with E-state index in [4.69, 9.17) is 4.74 Å². The summed E-state index contributed by atoms with van der Waals surface area (Å²) in [7, 11) is 1.33. The van der Waals surface area contributed by atoms with Gasteiger partial charge in [-0.3, -0.25) is 25.7 Å². The van der Waals surface area contributed by atoms with E-state index in [1.165, 1.54) is 25.3 Å². The van der Waals surface area contributed by atoms with Gasteiger partial charge in [-0.15, -0.1) is 0 Å². The van der Waals surface area contributed by atoms with Gasteiger partial charge in [-0.1, -0.05) is 0 Å². The van der Waals surface area contributed by atoms with E-state index in [1.54, 1.807) is 0 Å². The minimum atomic E-state index is -5.02. The molecule has 2 aromatic rings. The lowest BCUT2D eigenvalue weighted by atomic mass is 10.1. The number of alkyl halides is 3. The molecule has 0 saturated heterocycles. The van der Waals surface area contributed by atoms with E-state index in [2.05, 4.69) is 5.10 Å². The lowest BCUT2D eigenvalue weighted by Gasteiger charge is -2.09. The first-order valence-corrected chi connectivity index (χ1v) is 7.24. The highest BCUT2D eigenvalue weighted by atomic mass is 19.4. The molecule has 0 aliphatic heterocycles. The first kappa shape index (κ1) is 20.4. The van der Waals surface area contributed by atoms with Gasteiger partial charge in [-0.25, -0.2) is 0 Å². The number of phenolic OH excluding ortho intramolecular Hbond substituents is 1. The molecule has 0 radical (unpaired) electrons. The number of rotatable bonds is 6. The Hall–Kier alpha value is -3.90. The fraction of sp³-hybridized carbons (Fsp3) is 0.133. The summed E-state index contributed by atoms with van der Waals surface area (Å²) in [5, 5.41) is 35.4. The first-order valence-electron chi connectivity index (χ1n) is 7.24. The van der Waals surface area contributed by atoms with E-state index in [1.807, 2.05) is 5.43 Å². The molecule has 0 atom stereocenters. The molecule has 0 spiro atoms. The van der Waals surface area contributed by atoms with Crippen molar-refractivity contribution in [1.29, 1.82) is 0 Å². The summed E-state index contributed by atoms with van der Waals surface area (Å²) in [6, 6.07) is 4.40. The van der Waals surface area contributed by atoms with Gasteiger partial charge >= 0.3 is 17.6 Å². The summed E-state index contributed by atoms with van der Waals surface area (Å²) in [5.41, 5.74) is -2.40. The van der Waals surface area contributed by atoms with Crippen molar-refractivity contribution < 1.29 is 32.9 Å². The van der Waals surface area contributed by atoms with E-state index in [-0.39, 0.29) is 29.2 Å². The lowest BCUT2D eigenvalue weighted by molar-refractivity contribution is -0.392. The molecule has 148 valence electrons. The second kappa shape index (κ2) is 7.77. The van der Waals surface area contributed by atoms with Gasteiger partial charge in [0, 0.05) is 12.1 Å². The van der Waals surface area contributed by atoms with Gasteiger partial charge in [-0.05, 0) is 23.8 Å². The van der Waals surface area contributed by atoms with Crippen molar-refractivity contribution in [2.24, 2.45) is 5.10 Å². The van der Waals surface area contributed by atoms with Crippen LogP contribution in [0.1, 0.15) is 11.1 Å². The van der Waals surface area contributed by atoms with Crippen LogP contribution in [0.5, 0.6) is 11.5 Å². The van der Waals surface area contributed by atoms with Gasteiger partial charge in [0.05, 0.1) is 28.7 Å². The Morgan fingerprint density at radius 3 is 2.14 bits per heavy atom. The zero-order valence-electron chi connectivity index (χ0n) is 13.9. The third-order valence-electron chi connectivity index (χ3n) is 3.41. The smallest absolute Gasteiger partial charge is 0.416 e. The van der Waals surface area contributed by atoms with Gasteiger partial charge in [0.1, 0.15) is 0 Å². The Morgan fingerprint density at radius 1 is 1.14 bits per heavy atom. The summed E-state index contributed by atoms with van der Waals surface area (Å²) >= 11 is 0. The normalized spacial score (nSPS) is 11.4. The van der Waals surface area contributed by atoms with Crippen molar-refractivity contribution in [3.05, 3.63) is 61.7 Å². The molecule has 10 nitrogen and oxygen atoms in total. The van der Waals surface area contributed by atoms with Crippen molar-refractivity contribution >= 4 is 23.3 Å². The van der Waals surface area contributed by atoms with Crippen LogP contribution in [0.2, 0.25) is 0 Å². The molecular formula is C15H11F3N4O6. The first-order chi connectivity index (χ1) is 13.0. The molecule has 0 bridgehead atoms. The van der Waals surface area contributed by atoms with Crippen molar-refractivity contribution in [2.75, 3.05) is 12.5 Å². The van der Waals surface area contributed by atoms with E-state index in [9.17, 15) is 38.5 Å². The predicted octanol–water partition coefficient (Wildman–Crippen LogP) is 3.68. The van der Waals surface area contributed by atoms with Crippen LogP contribution >= 0.6 is 0 Å². The number of nitrogens with one attached hydrogen (secondary N) is 1. The number of hydrogen-bond acceptors (Lipinski definition) is 8. The fourth-order valence-corrected chi connectivity index (χ4v) is 2.14. The molecule has 13 heteroatoms. The maximum absolute atomic E-state index is 12.9. The number of hydrazone groups is 1. The molecule has 28 heavy (non-hydrogen) atoms. The van der Waals surface area contributed by atoms with Crippen molar-refractivity contribution in [3.63, 3.8) is 0 Å². The second-order valence-corrected chi connectivity index (χ2v) is 5.20. The quantitative estimate of drug-likeness (QED) is 0.428. The summed E-state index contributed by atoms with van der Waals surface area (Å²) in [6.07, 6.45) is -3.97. The van der Waals surface area contributed by atoms with Gasteiger partial charge in [0.25, 0.3) is 0 Å². The lowest BCUT2D eigenvalue weighted by Crippen LogP contribution is -2.09. The predicted molar refractivity (Wildman–Crippen MR) is 90.6 cm³/mol. The number of nitrogens with zero attached hydrogens (tertiary/aromatic N) is 3. The average Bonchev–Trinajstić information content (AvgIpc) is 2.60. The Morgan fingerprint density at radius 2 is 1.71 bits per heavy atom. The van der Waals surface area contributed by atoms with Crippen molar-refractivity contribution in [1.82, 2.24) is 0 Å². The molecule has 0 unspecified atom stereocenters. The number of anilines is 1. The third kappa shape index (κ3) is 4.44. The topological polar surface area (TPSA) is 140 Å². The molecule has 0 amide bonds.